The average molecular weight is 392 g/mol. The fraction of sp³-hybridized carbons (Fsp3) is 0.316. The Morgan fingerprint density at radius 1 is 1.04 bits per heavy atom. The van der Waals surface area contributed by atoms with Gasteiger partial charge in [0.1, 0.15) is 11.5 Å². The van der Waals surface area contributed by atoms with E-state index in [1.54, 1.807) is 56.3 Å². The van der Waals surface area contributed by atoms with Gasteiger partial charge in [0, 0.05) is 18.2 Å². The van der Waals surface area contributed by atoms with Crippen LogP contribution in [0.2, 0.25) is 0 Å². The lowest BCUT2D eigenvalue weighted by atomic mass is 10.2. The highest BCUT2D eigenvalue weighted by Gasteiger charge is 2.19. The zero-order valence-electron chi connectivity index (χ0n) is 15.9. The lowest BCUT2D eigenvalue weighted by Gasteiger charge is -2.22. The van der Waals surface area contributed by atoms with Gasteiger partial charge in [-0.2, -0.15) is 0 Å². The van der Waals surface area contributed by atoms with E-state index in [1.807, 2.05) is 0 Å². The molecule has 0 fully saturated rings. The number of hydrogen-bond donors (Lipinski definition) is 1. The molecular formula is C19H24N2O5S. The molecule has 0 atom stereocenters. The van der Waals surface area contributed by atoms with E-state index in [0.29, 0.717) is 35.0 Å². The van der Waals surface area contributed by atoms with Crippen molar-refractivity contribution in [2.24, 2.45) is 0 Å². The van der Waals surface area contributed by atoms with E-state index in [1.165, 1.54) is 18.5 Å². The largest absolute Gasteiger partial charge is 0.497 e. The van der Waals surface area contributed by atoms with Crippen LogP contribution in [0, 0.1) is 0 Å². The first kappa shape index (κ1) is 20.6. The third kappa shape index (κ3) is 4.71. The third-order valence-electron chi connectivity index (χ3n) is 4.06. The molecule has 0 aliphatic heterocycles. The maximum absolute atomic E-state index is 12.5. The molecule has 0 saturated carbocycles. The lowest BCUT2D eigenvalue weighted by Crippen LogP contribution is -2.32. The van der Waals surface area contributed by atoms with Crippen molar-refractivity contribution in [3.8, 4) is 11.5 Å². The highest BCUT2D eigenvalue weighted by atomic mass is 32.2. The molecule has 0 bridgehead atoms. The minimum absolute atomic E-state index is 0.0126. The smallest absolute Gasteiger partial charge is 0.255 e. The minimum Gasteiger partial charge on any atom is -0.497 e. The number of rotatable bonds is 8. The van der Waals surface area contributed by atoms with Crippen LogP contribution < -0.4 is 19.1 Å². The van der Waals surface area contributed by atoms with Gasteiger partial charge < -0.3 is 14.8 Å². The Bertz CT molecular complexity index is 895. The number of methoxy groups -OCH3 is 2. The topological polar surface area (TPSA) is 84.9 Å². The quantitative estimate of drug-likeness (QED) is 0.746. The summed E-state index contributed by atoms with van der Waals surface area (Å²) in [6.45, 7) is 3.69. The van der Waals surface area contributed by atoms with E-state index in [9.17, 15) is 13.2 Å². The van der Waals surface area contributed by atoms with E-state index in [-0.39, 0.29) is 11.7 Å². The van der Waals surface area contributed by atoms with Gasteiger partial charge in [-0.25, -0.2) is 8.42 Å². The lowest BCUT2D eigenvalue weighted by molar-refractivity contribution is 0.102. The van der Waals surface area contributed by atoms with Gasteiger partial charge in [0.2, 0.25) is 10.0 Å². The summed E-state index contributed by atoms with van der Waals surface area (Å²) in [6.07, 6.45) is 0. The fourth-order valence-electron chi connectivity index (χ4n) is 2.58. The zero-order chi connectivity index (χ0) is 20.0. The number of sulfonamides is 1. The number of nitrogens with one attached hydrogen (secondary N) is 1. The van der Waals surface area contributed by atoms with Gasteiger partial charge in [-0.1, -0.05) is 0 Å². The number of carbonyl (C=O) groups is 1. The van der Waals surface area contributed by atoms with Crippen LogP contribution in [0.3, 0.4) is 0 Å². The minimum atomic E-state index is -3.36. The Morgan fingerprint density at radius 3 is 2.22 bits per heavy atom. The normalized spacial score (nSPS) is 11.0. The molecule has 1 N–H and O–H groups in total. The number of ether oxygens (including phenoxy) is 2. The SMILES string of the molecule is CCN(c1ccc(C(=O)Nc2cc(OC)ccc2OC)cc1)S(=O)(=O)CC. The van der Waals surface area contributed by atoms with Crippen molar-refractivity contribution in [2.45, 2.75) is 13.8 Å². The molecule has 2 aromatic rings. The Morgan fingerprint density at radius 2 is 1.70 bits per heavy atom. The van der Waals surface area contributed by atoms with Gasteiger partial charge in [0.05, 0.1) is 31.3 Å². The number of carbonyl (C=O) groups excluding carboxylic acids is 1. The van der Waals surface area contributed by atoms with Crippen LogP contribution in [-0.2, 0) is 10.0 Å². The predicted octanol–water partition coefficient (Wildman–Crippen LogP) is 3.13. The molecule has 8 heteroatoms. The van der Waals surface area contributed by atoms with Crippen LogP contribution in [-0.4, -0.2) is 40.8 Å². The molecule has 0 aliphatic carbocycles. The van der Waals surface area contributed by atoms with Gasteiger partial charge in [0.15, 0.2) is 0 Å². The molecule has 0 heterocycles. The molecule has 0 saturated heterocycles. The summed E-state index contributed by atoms with van der Waals surface area (Å²) in [7, 11) is -0.308. The number of amides is 1. The van der Waals surface area contributed by atoms with Crippen LogP contribution >= 0.6 is 0 Å². The molecule has 0 aromatic heterocycles. The number of benzene rings is 2. The molecule has 7 nitrogen and oxygen atoms in total. The maximum Gasteiger partial charge on any atom is 0.255 e. The Hall–Kier alpha value is -2.74. The van der Waals surface area contributed by atoms with Gasteiger partial charge in [0.25, 0.3) is 5.91 Å². The first-order valence-corrected chi connectivity index (χ1v) is 10.1. The molecule has 2 rings (SSSR count). The van der Waals surface area contributed by atoms with Crippen molar-refractivity contribution in [1.29, 1.82) is 0 Å². The summed E-state index contributed by atoms with van der Waals surface area (Å²) in [5.74, 6) is 0.768. The number of hydrogen-bond acceptors (Lipinski definition) is 5. The van der Waals surface area contributed by atoms with Gasteiger partial charge in [-0.15, -0.1) is 0 Å². The van der Waals surface area contributed by atoms with Crippen LogP contribution in [0.5, 0.6) is 11.5 Å². The average Bonchev–Trinajstić information content (AvgIpc) is 2.68. The van der Waals surface area contributed by atoms with Gasteiger partial charge in [-0.05, 0) is 50.2 Å². The second kappa shape index (κ2) is 8.77. The Balaban J connectivity index is 2.24. The second-order valence-corrected chi connectivity index (χ2v) is 7.81. The van der Waals surface area contributed by atoms with E-state index < -0.39 is 10.0 Å². The second-order valence-electron chi connectivity index (χ2n) is 5.63. The van der Waals surface area contributed by atoms with Gasteiger partial charge >= 0.3 is 0 Å². The monoisotopic (exact) mass is 392 g/mol. The summed E-state index contributed by atoms with van der Waals surface area (Å²) >= 11 is 0. The molecule has 0 spiro atoms. The molecule has 0 radical (unpaired) electrons. The number of nitrogens with zero attached hydrogens (tertiary/aromatic N) is 1. The fourth-order valence-corrected chi connectivity index (χ4v) is 3.73. The van der Waals surface area contributed by atoms with Crippen LogP contribution in [0.1, 0.15) is 24.2 Å². The molecule has 27 heavy (non-hydrogen) atoms. The van der Waals surface area contributed by atoms with Crippen LogP contribution in [0.15, 0.2) is 42.5 Å². The van der Waals surface area contributed by atoms with Crippen molar-refractivity contribution in [1.82, 2.24) is 0 Å². The molecular weight excluding hydrogens is 368 g/mol. The van der Waals surface area contributed by atoms with Crippen molar-refractivity contribution >= 4 is 27.3 Å². The van der Waals surface area contributed by atoms with E-state index in [0.717, 1.165) is 0 Å². The Labute approximate surface area is 160 Å². The summed E-state index contributed by atoms with van der Waals surface area (Å²) in [4.78, 5) is 12.5. The summed E-state index contributed by atoms with van der Waals surface area (Å²) < 4.78 is 36.0. The zero-order valence-corrected chi connectivity index (χ0v) is 16.7. The first-order valence-electron chi connectivity index (χ1n) is 8.50. The summed E-state index contributed by atoms with van der Waals surface area (Å²) in [6, 6.07) is 11.5. The Kier molecular flexibility index (Phi) is 6.68. The molecule has 1 amide bonds. The first-order chi connectivity index (χ1) is 12.9. The highest BCUT2D eigenvalue weighted by molar-refractivity contribution is 7.92. The van der Waals surface area contributed by atoms with Crippen LogP contribution in [0.4, 0.5) is 11.4 Å². The van der Waals surface area contributed by atoms with Crippen LogP contribution in [0.25, 0.3) is 0 Å². The van der Waals surface area contributed by atoms with Crippen molar-refractivity contribution < 1.29 is 22.7 Å². The van der Waals surface area contributed by atoms with Gasteiger partial charge in [-0.3, -0.25) is 9.10 Å². The maximum atomic E-state index is 12.5. The summed E-state index contributed by atoms with van der Waals surface area (Å²) in [5.41, 5.74) is 1.40. The number of anilines is 2. The third-order valence-corrected chi connectivity index (χ3v) is 5.93. The van der Waals surface area contributed by atoms with Crippen molar-refractivity contribution in [2.75, 3.05) is 36.1 Å². The van der Waals surface area contributed by atoms with E-state index in [4.69, 9.17) is 9.47 Å². The predicted molar refractivity (Wildman–Crippen MR) is 106 cm³/mol. The summed E-state index contributed by atoms with van der Waals surface area (Å²) in [5, 5.41) is 2.78. The molecule has 2 aromatic carbocycles. The van der Waals surface area contributed by atoms with Crippen molar-refractivity contribution in [3.63, 3.8) is 0 Å². The molecule has 146 valence electrons. The molecule has 0 unspecified atom stereocenters. The van der Waals surface area contributed by atoms with E-state index >= 15 is 0 Å². The standard InChI is InChI=1S/C19H24N2O5S/c1-5-21(27(23,24)6-2)15-9-7-14(8-10-15)19(22)20-17-13-16(25-3)11-12-18(17)26-4/h7-13H,5-6H2,1-4H3,(H,20,22). The highest BCUT2D eigenvalue weighted by Crippen LogP contribution is 2.29. The van der Waals surface area contributed by atoms with E-state index in [2.05, 4.69) is 5.32 Å². The van der Waals surface area contributed by atoms with Crippen molar-refractivity contribution in [3.05, 3.63) is 48.0 Å². The molecule has 0 aliphatic rings.